The maximum Gasteiger partial charge on any atom is 0.505 e. The fourth-order valence-electron chi connectivity index (χ4n) is 2.98. The Hall–Kier alpha value is -3.32. The number of carbonyl (C=O) groups excluding carboxylic acids is 2. The third-order valence-electron chi connectivity index (χ3n) is 4.40. The van der Waals surface area contributed by atoms with Gasteiger partial charge in [-0.25, -0.2) is 4.79 Å². The van der Waals surface area contributed by atoms with Gasteiger partial charge in [-0.2, -0.15) is 0 Å². The minimum Gasteiger partial charge on any atom is -0.505 e. The molecule has 0 radical (unpaired) electrons. The summed E-state index contributed by atoms with van der Waals surface area (Å²) < 4.78 is 4.93. The predicted molar refractivity (Wildman–Crippen MR) is 90.5 cm³/mol. The Labute approximate surface area is 153 Å². The Morgan fingerprint density at radius 3 is 2.56 bits per heavy atom. The van der Waals surface area contributed by atoms with Gasteiger partial charge in [0.25, 0.3) is 5.69 Å². The molecule has 1 saturated carbocycles. The lowest BCUT2D eigenvalue weighted by Gasteiger charge is -2.36. The zero-order valence-corrected chi connectivity index (χ0v) is 14.4. The van der Waals surface area contributed by atoms with E-state index in [9.17, 15) is 29.9 Å². The number of hydrogen-bond acceptors (Lipinski definition) is 8. The van der Waals surface area contributed by atoms with E-state index >= 15 is 0 Å². The summed E-state index contributed by atoms with van der Waals surface area (Å²) in [6.07, 6.45) is -0.851. The van der Waals surface area contributed by atoms with Crippen LogP contribution < -0.4 is 0 Å². The van der Waals surface area contributed by atoms with Crippen molar-refractivity contribution in [1.29, 1.82) is 5.39 Å². The maximum atomic E-state index is 12.0. The molecule has 2 rings (SSSR count). The molecule has 2 N–H and O–H groups in total. The summed E-state index contributed by atoms with van der Waals surface area (Å²) in [4.78, 5) is 36.3. The molecule has 27 heavy (non-hydrogen) atoms. The summed E-state index contributed by atoms with van der Waals surface area (Å²) in [6, 6.07) is 5.30. The molecule has 0 unspecified atom stereocenters. The number of diazo groups is 1. The number of allylic oxidation sites excluding steroid dienone is 1. The normalized spacial score (nSPS) is 20.7. The number of nitro benzene ring substituents is 1. The lowest BCUT2D eigenvalue weighted by molar-refractivity contribution is -0.384. The minimum atomic E-state index is -1.09. The molecule has 3 atom stereocenters. The van der Waals surface area contributed by atoms with Crippen LogP contribution in [0.1, 0.15) is 25.3 Å². The standard InChI is InChI=1S/C17H17N3O7/c1-9(21)15-11(6-13(15)22)7-14(23)16(19-18)17(24)27-8-10-2-4-12(5-3-10)20(25)26/h2-5,9,11,15,21H,6-8H2,1H3/p+1/t9-,11-,15-/m1/s1. The Morgan fingerprint density at radius 1 is 1.44 bits per heavy atom. The number of aliphatic hydroxyl groups is 2. The number of esters is 1. The highest BCUT2D eigenvalue weighted by atomic mass is 16.6. The molecular formula is C17H18N3O7+. The van der Waals surface area contributed by atoms with Crippen molar-refractivity contribution >= 4 is 17.4 Å². The largest absolute Gasteiger partial charge is 0.505 e. The van der Waals surface area contributed by atoms with Crippen molar-refractivity contribution in [3.8, 4) is 0 Å². The van der Waals surface area contributed by atoms with E-state index in [1.165, 1.54) is 31.2 Å². The molecule has 0 spiro atoms. The molecule has 0 heterocycles. The fourth-order valence-corrected chi connectivity index (χ4v) is 2.98. The molecule has 0 amide bonds. The number of rotatable bonds is 7. The zero-order valence-electron chi connectivity index (χ0n) is 14.4. The van der Waals surface area contributed by atoms with Gasteiger partial charge in [0.2, 0.25) is 5.39 Å². The van der Waals surface area contributed by atoms with Crippen LogP contribution in [0.3, 0.4) is 0 Å². The van der Waals surface area contributed by atoms with Gasteiger partial charge in [-0.3, -0.25) is 14.9 Å². The first-order valence-electron chi connectivity index (χ1n) is 8.13. The van der Waals surface area contributed by atoms with E-state index in [0.717, 1.165) is 0 Å². The number of aliphatic hydroxyl groups excluding tert-OH is 2. The summed E-state index contributed by atoms with van der Waals surface area (Å²) in [6.45, 7) is 1.21. The summed E-state index contributed by atoms with van der Waals surface area (Å²) >= 11 is 0. The second-order valence-corrected chi connectivity index (χ2v) is 6.30. The van der Waals surface area contributed by atoms with Gasteiger partial charge in [0.05, 0.1) is 11.0 Å². The second kappa shape index (κ2) is 8.37. The molecule has 0 bridgehead atoms. The van der Waals surface area contributed by atoms with Crippen molar-refractivity contribution in [2.45, 2.75) is 32.5 Å². The Morgan fingerprint density at radius 2 is 2.07 bits per heavy atom. The summed E-state index contributed by atoms with van der Waals surface area (Å²) in [5.41, 5.74) is -0.346. The van der Waals surface area contributed by atoms with Gasteiger partial charge in [-0.1, -0.05) is 0 Å². The smallest absolute Gasteiger partial charge is 0.505 e. The number of ketones is 1. The van der Waals surface area contributed by atoms with Crippen LogP contribution in [0.2, 0.25) is 0 Å². The SMILES string of the molecule is C[C@@H](O)[C@H]1C(=O)C[C@@H]1C/C(O)=C(\[N+]#N)C(=O)OCc1ccc([N+](=O)[O-])cc1. The van der Waals surface area contributed by atoms with Crippen molar-refractivity contribution in [3.05, 3.63) is 56.4 Å². The summed E-state index contributed by atoms with van der Waals surface area (Å²) in [5.74, 6) is -2.77. The topological polar surface area (TPSA) is 155 Å². The molecule has 10 nitrogen and oxygen atoms in total. The molecule has 1 fully saturated rings. The molecule has 0 aliphatic heterocycles. The number of nitro groups is 1. The Bertz CT molecular complexity index is 824. The number of carbonyl (C=O) groups is 2. The minimum absolute atomic E-state index is 0.114. The van der Waals surface area contributed by atoms with Crippen LogP contribution in [-0.4, -0.2) is 33.0 Å². The van der Waals surface area contributed by atoms with Crippen LogP contribution in [0.4, 0.5) is 5.69 Å². The third-order valence-corrected chi connectivity index (χ3v) is 4.40. The van der Waals surface area contributed by atoms with E-state index in [4.69, 9.17) is 10.1 Å². The lowest BCUT2D eigenvalue weighted by atomic mass is 9.68. The van der Waals surface area contributed by atoms with Crippen molar-refractivity contribution in [1.82, 2.24) is 0 Å². The van der Waals surface area contributed by atoms with E-state index in [1.807, 2.05) is 0 Å². The van der Waals surface area contributed by atoms with Crippen LogP contribution in [0.15, 0.2) is 35.7 Å². The van der Waals surface area contributed by atoms with Crippen LogP contribution >= 0.6 is 0 Å². The lowest BCUT2D eigenvalue weighted by Crippen LogP contribution is -2.44. The van der Waals surface area contributed by atoms with Crippen molar-refractivity contribution in [2.75, 3.05) is 0 Å². The van der Waals surface area contributed by atoms with Crippen LogP contribution in [0.5, 0.6) is 0 Å². The summed E-state index contributed by atoms with van der Waals surface area (Å²) in [7, 11) is 0. The van der Waals surface area contributed by atoms with E-state index in [1.54, 1.807) is 0 Å². The molecule has 1 aliphatic carbocycles. The summed E-state index contributed by atoms with van der Waals surface area (Å²) in [5, 5.41) is 39.2. The highest BCUT2D eigenvalue weighted by Gasteiger charge is 2.44. The van der Waals surface area contributed by atoms with Gasteiger partial charge in [0.1, 0.15) is 12.4 Å². The highest BCUT2D eigenvalue weighted by molar-refractivity contribution is 5.91. The average Bonchev–Trinajstić information content (AvgIpc) is 2.59. The first-order chi connectivity index (χ1) is 12.7. The van der Waals surface area contributed by atoms with E-state index in [-0.39, 0.29) is 36.8 Å². The van der Waals surface area contributed by atoms with Crippen molar-refractivity contribution in [3.63, 3.8) is 0 Å². The number of benzene rings is 1. The van der Waals surface area contributed by atoms with E-state index in [2.05, 4.69) is 4.98 Å². The number of ether oxygens (including phenoxy) is 1. The highest BCUT2D eigenvalue weighted by Crippen LogP contribution is 2.38. The molecular weight excluding hydrogens is 358 g/mol. The fraction of sp³-hybridized carbons (Fsp3) is 0.412. The van der Waals surface area contributed by atoms with Gasteiger partial charge >= 0.3 is 11.7 Å². The molecule has 0 saturated heterocycles. The molecule has 1 aliphatic rings. The zero-order chi connectivity index (χ0) is 20.1. The third kappa shape index (κ3) is 4.65. The number of hydrogen-bond donors (Lipinski definition) is 2. The van der Waals surface area contributed by atoms with Gasteiger partial charge in [-0.15, -0.1) is 0 Å². The number of Topliss-reactive ketones (excluding diaryl/α,β-unsaturated/α-hetero) is 1. The molecule has 1 aromatic rings. The first kappa shape index (κ1) is 20.0. The van der Waals surface area contributed by atoms with Gasteiger partial charge in [0, 0.05) is 30.9 Å². The average molecular weight is 376 g/mol. The van der Waals surface area contributed by atoms with Crippen molar-refractivity contribution in [2.24, 2.45) is 11.8 Å². The molecule has 142 valence electrons. The van der Waals surface area contributed by atoms with Crippen LogP contribution in [0.25, 0.3) is 4.98 Å². The van der Waals surface area contributed by atoms with Gasteiger partial charge in [-0.05, 0) is 30.5 Å². The van der Waals surface area contributed by atoms with Crippen molar-refractivity contribution < 1.29 is 29.5 Å². The maximum absolute atomic E-state index is 12.0. The van der Waals surface area contributed by atoms with Crippen LogP contribution in [0, 0.1) is 27.3 Å². The number of non-ortho nitro benzene ring substituents is 1. The Kier molecular flexibility index (Phi) is 6.20. The monoisotopic (exact) mass is 376 g/mol. The van der Waals surface area contributed by atoms with Crippen LogP contribution in [-0.2, 0) is 20.9 Å². The molecule has 0 aromatic heterocycles. The van der Waals surface area contributed by atoms with Gasteiger partial charge < -0.3 is 14.9 Å². The number of nitrogens with zero attached hydrogens (tertiary/aromatic N) is 3. The first-order valence-corrected chi connectivity index (χ1v) is 8.13. The quantitative estimate of drug-likeness (QED) is 0.183. The Balaban J connectivity index is 2.00. The molecule has 1 aromatic carbocycles. The van der Waals surface area contributed by atoms with Gasteiger partial charge in [0.15, 0.2) is 10.7 Å². The van der Waals surface area contributed by atoms with E-state index in [0.29, 0.717) is 5.56 Å². The predicted octanol–water partition coefficient (Wildman–Crippen LogP) is 2.24. The second-order valence-electron chi connectivity index (χ2n) is 6.30. The van der Waals surface area contributed by atoms with E-state index < -0.39 is 34.4 Å². The molecule has 10 heteroatoms.